The fraction of sp³-hybridized carbons (Fsp3) is 0.600. The van der Waals surface area contributed by atoms with E-state index in [1.54, 1.807) is 12.1 Å². The maximum atomic E-state index is 11.0. The standard InChI is InChI=1S/C15H23N3O2/c1-12-4-3-5-14(18(19)20)15(12)16-9-6-13-7-10-17(2)11-8-13/h3-5,13,16H,6-11H2,1-2H3. The van der Waals surface area contributed by atoms with Crippen LogP contribution >= 0.6 is 0 Å². The fourth-order valence-corrected chi connectivity index (χ4v) is 2.79. The first-order valence-electron chi connectivity index (χ1n) is 7.24. The number of benzene rings is 1. The molecule has 5 nitrogen and oxygen atoms in total. The van der Waals surface area contributed by atoms with E-state index in [9.17, 15) is 10.1 Å². The third-order valence-electron chi connectivity index (χ3n) is 4.14. The van der Waals surface area contributed by atoms with Gasteiger partial charge in [-0.15, -0.1) is 0 Å². The number of hydrogen-bond donors (Lipinski definition) is 1. The van der Waals surface area contributed by atoms with Crippen LogP contribution in [0.3, 0.4) is 0 Å². The lowest BCUT2D eigenvalue weighted by atomic mass is 9.94. The van der Waals surface area contributed by atoms with Crippen LogP contribution in [0.15, 0.2) is 18.2 Å². The smallest absolute Gasteiger partial charge is 0.292 e. The molecule has 1 N–H and O–H groups in total. The van der Waals surface area contributed by atoms with Gasteiger partial charge in [0.2, 0.25) is 0 Å². The molecule has 0 bridgehead atoms. The van der Waals surface area contributed by atoms with Gasteiger partial charge in [-0.3, -0.25) is 10.1 Å². The highest BCUT2D eigenvalue weighted by Crippen LogP contribution is 2.28. The Morgan fingerprint density at radius 3 is 2.75 bits per heavy atom. The number of nitrogens with zero attached hydrogens (tertiary/aromatic N) is 2. The second-order valence-electron chi connectivity index (χ2n) is 5.69. The topological polar surface area (TPSA) is 58.4 Å². The first-order chi connectivity index (χ1) is 9.58. The van der Waals surface area contributed by atoms with Gasteiger partial charge in [-0.2, -0.15) is 0 Å². The van der Waals surface area contributed by atoms with Crippen LogP contribution in [0.1, 0.15) is 24.8 Å². The van der Waals surface area contributed by atoms with E-state index in [4.69, 9.17) is 0 Å². The summed E-state index contributed by atoms with van der Waals surface area (Å²) in [6.45, 7) is 5.04. The molecule has 2 rings (SSSR count). The number of para-hydroxylation sites is 1. The monoisotopic (exact) mass is 277 g/mol. The number of rotatable bonds is 5. The van der Waals surface area contributed by atoms with Crippen molar-refractivity contribution in [2.24, 2.45) is 5.92 Å². The average molecular weight is 277 g/mol. The number of aryl methyl sites for hydroxylation is 1. The number of piperidine rings is 1. The number of nitro benzene ring substituents is 1. The Morgan fingerprint density at radius 1 is 1.40 bits per heavy atom. The molecule has 0 atom stereocenters. The molecule has 0 saturated carbocycles. The number of hydrogen-bond acceptors (Lipinski definition) is 4. The lowest BCUT2D eigenvalue weighted by molar-refractivity contribution is -0.384. The van der Waals surface area contributed by atoms with Crippen LogP contribution in [0.25, 0.3) is 0 Å². The minimum atomic E-state index is -0.315. The summed E-state index contributed by atoms with van der Waals surface area (Å²) in [7, 11) is 2.16. The lowest BCUT2D eigenvalue weighted by Crippen LogP contribution is -2.30. The second-order valence-corrected chi connectivity index (χ2v) is 5.69. The molecule has 0 unspecified atom stereocenters. The summed E-state index contributed by atoms with van der Waals surface area (Å²) in [5.74, 6) is 0.738. The van der Waals surface area contributed by atoms with Gasteiger partial charge >= 0.3 is 0 Å². The quantitative estimate of drug-likeness (QED) is 0.664. The summed E-state index contributed by atoms with van der Waals surface area (Å²) in [4.78, 5) is 13.1. The van der Waals surface area contributed by atoms with Crippen molar-refractivity contribution < 1.29 is 4.92 Å². The maximum Gasteiger partial charge on any atom is 0.292 e. The third kappa shape index (κ3) is 3.70. The third-order valence-corrected chi connectivity index (χ3v) is 4.14. The van der Waals surface area contributed by atoms with Gasteiger partial charge in [0.15, 0.2) is 0 Å². The number of anilines is 1. The van der Waals surface area contributed by atoms with Gasteiger partial charge in [-0.25, -0.2) is 0 Å². The van der Waals surface area contributed by atoms with Crippen molar-refractivity contribution in [3.8, 4) is 0 Å². The van der Waals surface area contributed by atoms with Crippen LogP contribution in [-0.4, -0.2) is 36.5 Å². The Bertz CT molecular complexity index is 468. The predicted molar refractivity (Wildman–Crippen MR) is 81.2 cm³/mol. The van der Waals surface area contributed by atoms with E-state index in [0.29, 0.717) is 5.69 Å². The molecule has 1 fully saturated rings. The number of nitrogens with one attached hydrogen (secondary N) is 1. The Kier molecular flexibility index (Phi) is 4.95. The highest BCUT2D eigenvalue weighted by atomic mass is 16.6. The molecule has 0 aliphatic carbocycles. The number of likely N-dealkylation sites (tertiary alicyclic amines) is 1. The summed E-state index contributed by atoms with van der Waals surface area (Å²) in [5.41, 5.74) is 1.78. The van der Waals surface area contributed by atoms with Crippen LogP contribution in [-0.2, 0) is 0 Å². The van der Waals surface area contributed by atoms with Gasteiger partial charge in [0.25, 0.3) is 5.69 Å². The molecule has 0 spiro atoms. The Hall–Kier alpha value is -1.62. The van der Waals surface area contributed by atoms with Gasteiger partial charge in [0.05, 0.1) is 4.92 Å². The summed E-state index contributed by atoms with van der Waals surface area (Å²) in [6, 6.07) is 5.20. The van der Waals surface area contributed by atoms with Crippen LogP contribution in [0.2, 0.25) is 0 Å². The van der Waals surface area contributed by atoms with Crippen molar-refractivity contribution in [2.45, 2.75) is 26.2 Å². The van der Waals surface area contributed by atoms with Gasteiger partial charge < -0.3 is 10.2 Å². The van der Waals surface area contributed by atoms with Crippen molar-refractivity contribution in [2.75, 3.05) is 32.0 Å². The zero-order valence-corrected chi connectivity index (χ0v) is 12.3. The molecule has 1 aliphatic heterocycles. The van der Waals surface area contributed by atoms with Crippen LogP contribution in [0.4, 0.5) is 11.4 Å². The van der Waals surface area contributed by atoms with Gasteiger partial charge in [-0.1, -0.05) is 12.1 Å². The average Bonchev–Trinajstić information content (AvgIpc) is 2.42. The molecule has 110 valence electrons. The van der Waals surface area contributed by atoms with Crippen LogP contribution in [0.5, 0.6) is 0 Å². The zero-order valence-electron chi connectivity index (χ0n) is 12.3. The molecule has 20 heavy (non-hydrogen) atoms. The molecule has 0 radical (unpaired) electrons. The maximum absolute atomic E-state index is 11.0. The molecule has 0 aromatic heterocycles. The molecular formula is C15H23N3O2. The van der Waals surface area contributed by atoms with E-state index in [1.807, 2.05) is 13.0 Å². The van der Waals surface area contributed by atoms with Crippen molar-refractivity contribution in [1.82, 2.24) is 4.90 Å². The van der Waals surface area contributed by atoms with E-state index in [0.717, 1.165) is 37.5 Å². The first-order valence-corrected chi connectivity index (χ1v) is 7.24. The molecular weight excluding hydrogens is 254 g/mol. The SMILES string of the molecule is Cc1cccc([N+](=O)[O-])c1NCCC1CCN(C)CC1. The van der Waals surface area contributed by atoms with E-state index >= 15 is 0 Å². The molecule has 1 saturated heterocycles. The molecule has 1 aromatic carbocycles. The molecule has 0 amide bonds. The molecule has 1 heterocycles. The molecule has 5 heteroatoms. The van der Waals surface area contributed by atoms with E-state index in [-0.39, 0.29) is 10.6 Å². The molecule has 1 aliphatic rings. The van der Waals surface area contributed by atoms with Crippen molar-refractivity contribution in [1.29, 1.82) is 0 Å². The van der Waals surface area contributed by atoms with Crippen LogP contribution in [0, 0.1) is 23.0 Å². The van der Waals surface area contributed by atoms with Crippen molar-refractivity contribution in [3.63, 3.8) is 0 Å². The normalized spacial score (nSPS) is 17.1. The highest BCUT2D eigenvalue weighted by Gasteiger charge is 2.18. The molecule has 1 aromatic rings. The van der Waals surface area contributed by atoms with Crippen molar-refractivity contribution in [3.05, 3.63) is 33.9 Å². The summed E-state index contributed by atoms with van der Waals surface area (Å²) in [6.07, 6.45) is 3.54. The minimum Gasteiger partial charge on any atom is -0.379 e. The Morgan fingerprint density at radius 2 is 2.10 bits per heavy atom. The van der Waals surface area contributed by atoms with Gasteiger partial charge in [-0.05, 0) is 57.8 Å². The Labute approximate surface area is 120 Å². The van der Waals surface area contributed by atoms with Gasteiger partial charge in [0, 0.05) is 12.6 Å². The van der Waals surface area contributed by atoms with E-state index < -0.39 is 0 Å². The predicted octanol–water partition coefficient (Wildman–Crippen LogP) is 3.05. The largest absolute Gasteiger partial charge is 0.379 e. The lowest BCUT2D eigenvalue weighted by Gasteiger charge is -2.29. The summed E-state index contributed by atoms with van der Waals surface area (Å²) in [5, 5.41) is 14.3. The second kappa shape index (κ2) is 6.70. The fourth-order valence-electron chi connectivity index (χ4n) is 2.79. The first kappa shape index (κ1) is 14.8. The van der Waals surface area contributed by atoms with E-state index in [2.05, 4.69) is 17.3 Å². The van der Waals surface area contributed by atoms with Crippen molar-refractivity contribution >= 4 is 11.4 Å². The van der Waals surface area contributed by atoms with E-state index in [1.165, 1.54) is 12.8 Å². The van der Waals surface area contributed by atoms with Crippen LogP contribution < -0.4 is 5.32 Å². The summed E-state index contributed by atoms with van der Waals surface area (Å²) >= 11 is 0. The highest BCUT2D eigenvalue weighted by molar-refractivity contribution is 5.65. The number of nitro groups is 1. The summed E-state index contributed by atoms with van der Waals surface area (Å²) < 4.78 is 0. The van der Waals surface area contributed by atoms with Gasteiger partial charge in [0.1, 0.15) is 5.69 Å². The minimum absolute atomic E-state index is 0.174. The zero-order chi connectivity index (χ0) is 14.5. The Balaban J connectivity index is 1.89.